The molecule has 0 radical (unpaired) electrons. The van der Waals surface area contributed by atoms with Crippen LogP contribution in [0, 0.1) is 5.82 Å². The van der Waals surface area contributed by atoms with Crippen LogP contribution in [0.2, 0.25) is 0 Å². The van der Waals surface area contributed by atoms with Crippen LogP contribution in [0.1, 0.15) is 29.9 Å². The lowest BCUT2D eigenvalue weighted by molar-refractivity contribution is 0.185. The Morgan fingerprint density at radius 1 is 1.24 bits per heavy atom. The molecule has 6 heteroatoms. The highest BCUT2D eigenvalue weighted by atomic mass is 127. The third-order valence-electron chi connectivity index (χ3n) is 4.33. The van der Waals surface area contributed by atoms with Crippen LogP contribution in [0.3, 0.4) is 0 Å². The van der Waals surface area contributed by atoms with Crippen molar-refractivity contribution >= 4 is 35.6 Å². The molecule has 2 aromatic carbocycles. The number of anilines is 1. The number of benzene rings is 2. The van der Waals surface area contributed by atoms with Crippen molar-refractivity contribution in [3.63, 3.8) is 0 Å². The fourth-order valence-electron chi connectivity index (χ4n) is 3.02. The van der Waals surface area contributed by atoms with Gasteiger partial charge in [-0.25, -0.2) is 9.38 Å². The summed E-state index contributed by atoms with van der Waals surface area (Å²) >= 11 is 0. The molecule has 0 bridgehead atoms. The van der Waals surface area contributed by atoms with E-state index < -0.39 is 0 Å². The van der Waals surface area contributed by atoms with Gasteiger partial charge in [0.15, 0.2) is 5.96 Å². The standard InChI is InChI=1S/C19H22FN3O.HI/c1-24-12-14-5-2-3-8-18(14)23-19(21)22-17-10-15(11-17)13-6-4-7-16(20)9-13;/h2-9,15,17H,10-12H2,1H3,(H3,21,22,23);1H. The van der Waals surface area contributed by atoms with Gasteiger partial charge in [-0.3, -0.25) is 0 Å². The number of para-hydroxylation sites is 1. The van der Waals surface area contributed by atoms with Crippen LogP contribution in [0.25, 0.3) is 0 Å². The van der Waals surface area contributed by atoms with Crippen LogP contribution < -0.4 is 11.1 Å². The molecule has 0 aromatic heterocycles. The topological polar surface area (TPSA) is 59.6 Å². The summed E-state index contributed by atoms with van der Waals surface area (Å²) in [5.41, 5.74) is 9.00. The van der Waals surface area contributed by atoms with Gasteiger partial charge in [0.05, 0.1) is 12.6 Å². The van der Waals surface area contributed by atoms with Gasteiger partial charge in [-0.15, -0.1) is 24.0 Å². The van der Waals surface area contributed by atoms with E-state index in [1.807, 2.05) is 30.3 Å². The Morgan fingerprint density at radius 2 is 2.00 bits per heavy atom. The summed E-state index contributed by atoms with van der Waals surface area (Å²) in [6.07, 6.45) is 1.79. The zero-order valence-corrected chi connectivity index (χ0v) is 16.4. The minimum Gasteiger partial charge on any atom is -0.380 e. The van der Waals surface area contributed by atoms with Gasteiger partial charge in [0.2, 0.25) is 0 Å². The third kappa shape index (κ3) is 5.15. The van der Waals surface area contributed by atoms with E-state index in [-0.39, 0.29) is 35.8 Å². The molecule has 2 aromatic rings. The predicted octanol–water partition coefficient (Wildman–Crippen LogP) is 4.26. The SMILES string of the molecule is COCc1ccccc1NC(N)=NC1CC(c2cccc(F)c2)C1.I. The Morgan fingerprint density at radius 3 is 2.72 bits per heavy atom. The van der Waals surface area contributed by atoms with Crippen molar-refractivity contribution < 1.29 is 9.13 Å². The van der Waals surface area contributed by atoms with E-state index in [9.17, 15) is 4.39 Å². The van der Waals surface area contributed by atoms with Crippen LogP contribution in [-0.4, -0.2) is 19.1 Å². The van der Waals surface area contributed by atoms with Gasteiger partial charge >= 0.3 is 0 Å². The van der Waals surface area contributed by atoms with Gasteiger partial charge in [-0.2, -0.15) is 0 Å². The number of nitrogens with zero attached hydrogens (tertiary/aromatic N) is 1. The fraction of sp³-hybridized carbons (Fsp3) is 0.316. The van der Waals surface area contributed by atoms with Gasteiger partial charge in [0.1, 0.15) is 5.82 Å². The highest BCUT2D eigenvalue weighted by molar-refractivity contribution is 14.0. The number of hydrogen-bond donors (Lipinski definition) is 2. The second-order valence-corrected chi connectivity index (χ2v) is 6.11. The van der Waals surface area contributed by atoms with E-state index in [0.29, 0.717) is 18.5 Å². The molecule has 1 fully saturated rings. The summed E-state index contributed by atoms with van der Waals surface area (Å²) in [7, 11) is 1.66. The van der Waals surface area contributed by atoms with Crippen molar-refractivity contribution in [2.45, 2.75) is 31.4 Å². The van der Waals surface area contributed by atoms with Crippen LogP contribution in [0.5, 0.6) is 0 Å². The van der Waals surface area contributed by atoms with Crippen LogP contribution in [0.4, 0.5) is 10.1 Å². The van der Waals surface area contributed by atoms with E-state index in [1.54, 1.807) is 19.2 Å². The van der Waals surface area contributed by atoms with Gasteiger partial charge in [0.25, 0.3) is 0 Å². The first kappa shape index (κ1) is 19.7. The highest BCUT2D eigenvalue weighted by Crippen LogP contribution is 2.38. The van der Waals surface area contributed by atoms with Crippen molar-refractivity contribution in [3.05, 3.63) is 65.5 Å². The molecule has 1 aliphatic rings. The largest absolute Gasteiger partial charge is 0.380 e. The molecule has 1 saturated carbocycles. The van der Waals surface area contributed by atoms with E-state index in [4.69, 9.17) is 10.5 Å². The van der Waals surface area contributed by atoms with Crippen molar-refractivity contribution in [2.75, 3.05) is 12.4 Å². The first-order valence-corrected chi connectivity index (χ1v) is 8.08. The zero-order chi connectivity index (χ0) is 16.9. The minimum atomic E-state index is -0.185. The number of guanidine groups is 1. The van der Waals surface area contributed by atoms with Crippen molar-refractivity contribution in [1.82, 2.24) is 0 Å². The fourth-order valence-corrected chi connectivity index (χ4v) is 3.02. The number of ether oxygens (including phenoxy) is 1. The molecule has 0 amide bonds. The Balaban J connectivity index is 0.00000225. The molecule has 0 aliphatic heterocycles. The summed E-state index contributed by atoms with van der Waals surface area (Å²) < 4.78 is 18.5. The second-order valence-electron chi connectivity index (χ2n) is 6.11. The maximum atomic E-state index is 13.3. The molecule has 0 atom stereocenters. The van der Waals surface area contributed by atoms with Crippen LogP contribution in [-0.2, 0) is 11.3 Å². The smallest absolute Gasteiger partial charge is 0.193 e. The summed E-state index contributed by atoms with van der Waals surface area (Å²) in [5, 5.41) is 3.15. The van der Waals surface area contributed by atoms with E-state index in [2.05, 4.69) is 10.3 Å². The Kier molecular flexibility index (Phi) is 7.19. The maximum Gasteiger partial charge on any atom is 0.193 e. The molecule has 134 valence electrons. The molecule has 0 heterocycles. The molecule has 0 saturated heterocycles. The van der Waals surface area contributed by atoms with Gasteiger partial charge < -0.3 is 15.8 Å². The highest BCUT2D eigenvalue weighted by Gasteiger charge is 2.30. The first-order valence-electron chi connectivity index (χ1n) is 8.08. The lowest BCUT2D eigenvalue weighted by Crippen LogP contribution is -2.31. The molecule has 0 unspecified atom stereocenters. The molecule has 3 N–H and O–H groups in total. The number of hydrogen-bond acceptors (Lipinski definition) is 2. The molecule has 0 spiro atoms. The van der Waals surface area contributed by atoms with Crippen molar-refractivity contribution in [2.24, 2.45) is 10.7 Å². The maximum absolute atomic E-state index is 13.3. The van der Waals surface area contributed by atoms with Gasteiger partial charge in [-0.05, 0) is 42.5 Å². The average Bonchev–Trinajstić information content (AvgIpc) is 2.52. The molecular formula is C19H23FIN3O. The van der Waals surface area contributed by atoms with Crippen LogP contribution in [0.15, 0.2) is 53.5 Å². The number of rotatable bonds is 5. The van der Waals surface area contributed by atoms with Crippen LogP contribution >= 0.6 is 24.0 Å². The average molecular weight is 455 g/mol. The number of methoxy groups -OCH3 is 1. The summed E-state index contributed by atoms with van der Waals surface area (Å²) in [6, 6.07) is 14.8. The lowest BCUT2D eigenvalue weighted by Gasteiger charge is -2.33. The molecule has 25 heavy (non-hydrogen) atoms. The van der Waals surface area contributed by atoms with Crippen molar-refractivity contribution in [3.8, 4) is 0 Å². The number of nitrogens with two attached hydrogens (primary N) is 1. The third-order valence-corrected chi connectivity index (χ3v) is 4.33. The Labute approximate surface area is 164 Å². The first-order chi connectivity index (χ1) is 11.7. The monoisotopic (exact) mass is 455 g/mol. The Hall–Kier alpha value is -1.67. The number of aliphatic imine (C=N–C) groups is 1. The lowest BCUT2D eigenvalue weighted by atomic mass is 9.76. The van der Waals surface area contributed by atoms with E-state index in [1.165, 1.54) is 6.07 Å². The predicted molar refractivity (Wildman–Crippen MR) is 110 cm³/mol. The number of nitrogens with one attached hydrogen (secondary N) is 1. The summed E-state index contributed by atoms with van der Waals surface area (Å²) in [6.45, 7) is 0.515. The molecule has 4 nitrogen and oxygen atoms in total. The normalized spacial score (nSPS) is 19.7. The summed E-state index contributed by atoms with van der Waals surface area (Å²) in [4.78, 5) is 4.53. The minimum absolute atomic E-state index is 0. The summed E-state index contributed by atoms with van der Waals surface area (Å²) in [5.74, 6) is 0.583. The van der Waals surface area contributed by atoms with Gasteiger partial charge in [-0.1, -0.05) is 30.3 Å². The zero-order valence-electron chi connectivity index (χ0n) is 14.1. The van der Waals surface area contributed by atoms with E-state index >= 15 is 0 Å². The van der Waals surface area contributed by atoms with E-state index in [0.717, 1.165) is 29.7 Å². The molecule has 1 aliphatic carbocycles. The second kappa shape index (κ2) is 9.15. The molecule has 3 rings (SSSR count). The van der Waals surface area contributed by atoms with Gasteiger partial charge in [0, 0.05) is 18.4 Å². The molecular weight excluding hydrogens is 432 g/mol. The van der Waals surface area contributed by atoms with Crippen molar-refractivity contribution in [1.29, 1.82) is 0 Å². The Bertz CT molecular complexity index is 732. The number of halogens is 2. The quantitative estimate of drug-likeness (QED) is 0.403.